The Morgan fingerprint density at radius 2 is 2.00 bits per heavy atom. The van der Waals surface area contributed by atoms with Crippen molar-refractivity contribution in [2.24, 2.45) is 5.92 Å². The van der Waals surface area contributed by atoms with Crippen molar-refractivity contribution in [3.05, 3.63) is 12.2 Å². The first-order valence-corrected chi connectivity index (χ1v) is 6.17. The molecule has 0 saturated carbocycles. The van der Waals surface area contributed by atoms with E-state index in [0.29, 0.717) is 5.57 Å². The smallest absolute Gasteiger partial charge is 0.333 e. The summed E-state index contributed by atoms with van der Waals surface area (Å²) in [5, 5.41) is 0. The summed E-state index contributed by atoms with van der Waals surface area (Å²) >= 11 is 0. The predicted molar refractivity (Wildman–Crippen MR) is 68.3 cm³/mol. The van der Waals surface area contributed by atoms with Gasteiger partial charge in [-0.2, -0.15) is 0 Å². The summed E-state index contributed by atoms with van der Waals surface area (Å²) in [7, 11) is 0. The van der Waals surface area contributed by atoms with Gasteiger partial charge in [-0.05, 0) is 39.5 Å². The van der Waals surface area contributed by atoms with Gasteiger partial charge in [0, 0.05) is 5.57 Å². The van der Waals surface area contributed by atoms with Crippen LogP contribution in [-0.2, 0) is 9.53 Å². The molecule has 0 aromatic heterocycles. The molecule has 0 rings (SSSR count). The quantitative estimate of drug-likeness (QED) is 0.482. The predicted octanol–water partition coefficient (Wildman–Crippen LogP) is 4.10. The van der Waals surface area contributed by atoms with E-state index in [9.17, 15) is 4.79 Å². The van der Waals surface area contributed by atoms with Crippen molar-refractivity contribution in [1.29, 1.82) is 0 Å². The average Bonchev–Trinajstić information content (AvgIpc) is 2.16. The fourth-order valence-corrected chi connectivity index (χ4v) is 1.47. The molecule has 0 N–H and O–H groups in total. The van der Waals surface area contributed by atoms with Crippen molar-refractivity contribution in [3.8, 4) is 0 Å². The summed E-state index contributed by atoms with van der Waals surface area (Å²) in [6.07, 6.45) is 4.43. The van der Waals surface area contributed by atoms with E-state index in [1.54, 1.807) is 6.92 Å². The second kappa shape index (κ2) is 6.72. The van der Waals surface area contributed by atoms with Gasteiger partial charge in [0.1, 0.15) is 5.60 Å². The van der Waals surface area contributed by atoms with Crippen molar-refractivity contribution in [3.63, 3.8) is 0 Å². The zero-order valence-electron chi connectivity index (χ0n) is 11.4. The molecule has 2 heteroatoms. The minimum Gasteiger partial charge on any atom is -0.456 e. The third kappa shape index (κ3) is 6.65. The van der Waals surface area contributed by atoms with Crippen LogP contribution < -0.4 is 0 Å². The molecule has 0 aliphatic heterocycles. The molecule has 0 aromatic rings. The maximum Gasteiger partial charge on any atom is 0.333 e. The molecule has 0 fully saturated rings. The lowest BCUT2D eigenvalue weighted by atomic mass is 9.95. The minimum absolute atomic E-state index is 0.284. The van der Waals surface area contributed by atoms with Gasteiger partial charge in [0.05, 0.1) is 0 Å². The molecule has 0 bridgehead atoms. The summed E-state index contributed by atoms with van der Waals surface area (Å²) < 4.78 is 5.38. The van der Waals surface area contributed by atoms with Crippen LogP contribution in [0.4, 0.5) is 0 Å². The van der Waals surface area contributed by atoms with Crippen LogP contribution in [-0.4, -0.2) is 11.6 Å². The summed E-state index contributed by atoms with van der Waals surface area (Å²) in [6.45, 7) is 13.7. The minimum atomic E-state index is -0.372. The molecule has 0 saturated heterocycles. The monoisotopic (exact) mass is 226 g/mol. The molecule has 94 valence electrons. The molecule has 16 heavy (non-hydrogen) atoms. The zero-order chi connectivity index (χ0) is 12.8. The maximum atomic E-state index is 11.4. The highest BCUT2D eigenvalue weighted by atomic mass is 16.6. The van der Waals surface area contributed by atoms with Gasteiger partial charge in [-0.25, -0.2) is 4.79 Å². The van der Waals surface area contributed by atoms with Gasteiger partial charge in [-0.3, -0.25) is 0 Å². The van der Waals surface area contributed by atoms with Crippen molar-refractivity contribution >= 4 is 5.97 Å². The fourth-order valence-electron chi connectivity index (χ4n) is 1.47. The molecule has 0 aliphatic rings. The Labute approximate surface area is 100 Å². The van der Waals surface area contributed by atoms with Crippen LogP contribution in [0.5, 0.6) is 0 Å². The van der Waals surface area contributed by atoms with Gasteiger partial charge in [-0.1, -0.05) is 33.3 Å². The normalized spacial score (nSPS) is 13.3. The van der Waals surface area contributed by atoms with Crippen LogP contribution in [0.15, 0.2) is 12.2 Å². The fraction of sp³-hybridized carbons (Fsp3) is 0.786. The number of ether oxygens (including phenoxy) is 1. The number of carbonyl (C=O) groups is 1. The standard InChI is InChI=1S/C14H26O2/c1-7-12(4)9-8-10-14(5,6)16-13(15)11(2)3/h12H,2,7-10H2,1,3-6H3. The van der Waals surface area contributed by atoms with E-state index in [2.05, 4.69) is 20.4 Å². The molecular weight excluding hydrogens is 200 g/mol. The van der Waals surface area contributed by atoms with E-state index in [4.69, 9.17) is 4.74 Å². The summed E-state index contributed by atoms with van der Waals surface area (Å²) in [5.74, 6) is 0.473. The molecule has 0 aromatic carbocycles. The third-order valence-electron chi connectivity index (χ3n) is 2.89. The Bertz CT molecular complexity index is 241. The van der Waals surface area contributed by atoms with E-state index in [1.165, 1.54) is 12.8 Å². The van der Waals surface area contributed by atoms with Crippen LogP contribution in [0.25, 0.3) is 0 Å². The summed E-state index contributed by atoms with van der Waals surface area (Å²) in [6, 6.07) is 0. The van der Waals surface area contributed by atoms with Crippen molar-refractivity contribution in [1.82, 2.24) is 0 Å². The van der Waals surface area contributed by atoms with E-state index in [1.807, 2.05) is 13.8 Å². The number of esters is 1. The second-order valence-corrected chi connectivity index (χ2v) is 5.34. The summed E-state index contributed by atoms with van der Waals surface area (Å²) in [5.41, 5.74) is 0.0961. The van der Waals surface area contributed by atoms with Crippen LogP contribution in [0, 0.1) is 5.92 Å². The van der Waals surface area contributed by atoms with Gasteiger partial charge < -0.3 is 4.74 Å². The lowest BCUT2D eigenvalue weighted by Gasteiger charge is -2.25. The molecule has 0 spiro atoms. The molecule has 0 aliphatic carbocycles. The molecule has 1 atom stereocenters. The summed E-state index contributed by atoms with van der Waals surface area (Å²) in [4.78, 5) is 11.4. The van der Waals surface area contributed by atoms with E-state index >= 15 is 0 Å². The first kappa shape index (κ1) is 15.2. The molecule has 2 nitrogen and oxygen atoms in total. The molecular formula is C14H26O2. The Hall–Kier alpha value is -0.790. The molecule has 1 unspecified atom stereocenters. The van der Waals surface area contributed by atoms with Gasteiger partial charge in [0.25, 0.3) is 0 Å². The van der Waals surface area contributed by atoms with Crippen LogP contribution >= 0.6 is 0 Å². The van der Waals surface area contributed by atoms with Gasteiger partial charge in [0.2, 0.25) is 0 Å². The Kier molecular flexibility index (Phi) is 6.39. The lowest BCUT2D eigenvalue weighted by Crippen LogP contribution is -2.28. The van der Waals surface area contributed by atoms with Crippen LogP contribution in [0.2, 0.25) is 0 Å². The first-order valence-electron chi connectivity index (χ1n) is 6.17. The van der Waals surface area contributed by atoms with Gasteiger partial charge >= 0.3 is 5.97 Å². The zero-order valence-corrected chi connectivity index (χ0v) is 11.4. The van der Waals surface area contributed by atoms with Gasteiger partial charge in [-0.15, -0.1) is 0 Å². The number of hydrogen-bond acceptors (Lipinski definition) is 2. The first-order chi connectivity index (χ1) is 7.28. The highest BCUT2D eigenvalue weighted by Gasteiger charge is 2.22. The number of rotatable bonds is 7. The maximum absolute atomic E-state index is 11.4. The van der Waals surface area contributed by atoms with Crippen molar-refractivity contribution in [2.75, 3.05) is 0 Å². The van der Waals surface area contributed by atoms with E-state index in [-0.39, 0.29) is 11.6 Å². The number of hydrogen-bond donors (Lipinski definition) is 0. The lowest BCUT2D eigenvalue weighted by molar-refractivity contribution is -0.152. The SMILES string of the molecule is C=C(C)C(=O)OC(C)(C)CCCC(C)CC. The van der Waals surface area contributed by atoms with Crippen LogP contribution in [0.1, 0.15) is 60.3 Å². The largest absolute Gasteiger partial charge is 0.456 e. The number of carbonyl (C=O) groups excluding carboxylic acids is 1. The van der Waals surface area contributed by atoms with Crippen molar-refractivity contribution in [2.45, 2.75) is 65.9 Å². The average molecular weight is 226 g/mol. The Balaban J connectivity index is 3.96. The Morgan fingerprint density at radius 3 is 2.44 bits per heavy atom. The highest BCUT2D eigenvalue weighted by Crippen LogP contribution is 2.21. The van der Waals surface area contributed by atoms with Crippen molar-refractivity contribution < 1.29 is 9.53 Å². The Morgan fingerprint density at radius 1 is 1.44 bits per heavy atom. The highest BCUT2D eigenvalue weighted by molar-refractivity contribution is 5.87. The molecule has 0 radical (unpaired) electrons. The van der Waals surface area contributed by atoms with Gasteiger partial charge in [0.15, 0.2) is 0 Å². The van der Waals surface area contributed by atoms with E-state index < -0.39 is 0 Å². The molecule has 0 amide bonds. The second-order valence-electron chi connectivity index (χ2n) is 5.34. The third-order valence-corrected chi connectivity index (χ3v) is 2.89. The van der Waals surface area contributed by atoms with Crippen LogP contribution in [0.3, 0.4) is 0 Å². The van der Waals surface area contributed by atoms with E-state index in [0.717, 1.165) is 18.8 Å². The topological polar surface area (TPSA) is 26.3 Å². The molecule has 0 heterocycles.